The van der Waals surface area contributed by atoms with Crippen LogP contribution in [0.4, 0.5) is 4.39 Å². The SMILES string of the molecule is C[C@H]1S[C@H](c2ccc(F)cc2)N(CCN2CCNCC2)C1=O. The molecule has 2 heterocycles. The molecule has 120 valence electrons. The van der Waals surface area contributed by atoms with Gasteiger partial charge in [-0.3, -0.25) is 9.69 Å². The van der Waals surface area contributed by atoms with Crippen LogP contribution < -0.4 is 5.32 Å². The first kappa shape index (κ1) is 15.8. The van der Waals surface area contributed by atoms with Crippen LogP contribution in [-0.2, 0) is 4.79 Å². The Morgan fingerprint density at radius 2 is 1.91 bits per heavy atom. The number of carbonyl (C=O) groups excluding carboxylic acids is 1. The second-order valence-electron chi connectivity index (χ2n) is 5.81. The van der Waals surface area contributed by atoms with Crippen LogP contribution in [0.3, 0.4) is 0 Å². The average Bonchev–Trinajstić information content (AvgIpc) is 2.82. The zero-order chi connectivity index (χ0) is 15.5. The Bertz CT molecular complexity index is 519. The second kappa shape index (κ2) is 6.98. The van der Waals surface area contributed by atoms with Gasteiger partial charge in [0.1, 0.15) is 11.2 Å². The van der Waals surface area contributed by atoms with Crippen molar-refractivity contribution >= 4 is 17.7 Å². The van der Waals surface area contributed by atoms with Crippen LogP contribution in [0.15, 0.2) is 24.3 Å². The minimum atomic E-state index is -0.238. The third kappa shape index (κ3) is 3.45. The molecule has 22 heavy (non-hydrogen) atoms. The maximum absolute atomic E-state index is 13.1. The van der Waals surface area contributed by atoms with E-state index in [9.17, 15) is 9.18 Å². The van der Waals surface area contributed by atoms with E-state index < -0.39 is 0 Å². The maximum Gasteiger partial charge on any atom is 0.236 e. The molecule has 2 aliphatic rings. The van der Waals surface area contributed by atoms with Gasteiger partial charge in [0.15, 0.2) is 0 Å². The van der Waals surface area contributed by atoms with Crippen LogP contribution in [0.2, 0.25) is 0 Å². The fraction of sp³-hybridized carbons (Fsp3) is 0.562. The summed E-state index contributed by atoms with van der Waals surface area (Å²) in [6.07, 6.45) is 0. The van der Waals surface area contributed by atoms with Gasteiger partial charge in [0, 0.05) is 39.3 Å². The number of benzene rings is 1. The molecule has 2 fully saturated rings. The van der Waals surface area contributed by atoms with Gasteiger partial charge in [-0.2, -0.15) is 0 Å². The highest BCUT2D eigenvalue weighted by molar-refractivity contribution is 8.01. The molecule has 0 saturated carbocycles. The molecule has 0 aromatic heterocycles. The summed E-state index contributed by atoms with van der Waals surface area (Å²) in [4.78, 5) is 16.8. The van der Waals surface area contributed by atoms with Gasteiger partial charge in [-0.1, -0.05) is 12.1 Å². The molecule has 2 aliphatic heterocycles. The van der Waals surface area contributed by atoms with Gasteiger partial charge in [0.2, 0.25) is 5.91 Å². The van der Waals surface area contributed by atoms with E-state index in [0.29, 0.717) is 0 Å². The van der Waals surface area contributed by atoms with E-state index in [-0.39, 0.29) is 22.3 Å². The molecule has 2 saturated heterocycles. The van der Waals surface area contributed by atoms with E-state index in [1.165, 1.54) is 12.1 Å². The molecular formula is C16H22FN3OS. The Hall–Kier alpha value is -1.11. The minimum Gasteiger partial charge on any atom is -0.324 e. The predicted molar refractivity (Wildman–Crippen MR) is 87.2 cm³/mol. The van der Waals surface area contributed by atoms with Gasteiger partial charge < -0.3 is 10.2 Å². The van der Waals surface area contributed by atoms with Crippen LogP contribution >= 0.6 is 11.8 Å². The van der Waals surface area contributed by atoms with E-state index in [4.69, 9.17) is 0 Å². The summed E-state index contributed by atoms with van der Waals surface area (Å²) in [6, 6.07) is 6.52. The van der Waals surface area contributed by atoms with E-state index >= 15 is 0 Å². The van der Waals surface area contributed by atoms with Crippen molar-refractivity contribution in [1.82, 2.24) is 15.1 Å². The monoisotopic (exact) mass is 323 g/mol. The zero-order valence-electron chi connectivity index (χ0n) is 12.8. The van der Waals surface area contributed by atoms with Crippen molar-refractivity contribution in [3.63, 3.8) is 0 Å². The summed E-state index contributed by atoms with van der Waals surface area (Å²) in [5.74, 6) is -0.0482. The van der Waals surface area contributed by atoms with E-state index in [2.05, 4.69) is 10.2 Å². The molecule has 1 amide bonds. The van der Waals surface area contributed by atoms with Gasteiger partial charge in [0.25, 0.3) is 0 Å². The lowest BCUT2D eigenvalue weighted by Gasteiger charge is -2.31. The normalized spacial score (nSPS) is 26.6. The molecular weight excluding hydrogens is 301 g/mol. The second-order valence-corrected chi connectivity index (χ2v) is 7.23. The quantitative estimate of drug-likeness (QED) is 0.915. The molecule has 0 aliphatic carbocycles. The van der Waals surface area contributed by atoms with Gasteiger partial charge in [-0.15, -0.1) is 11.8 Å². The first-order valence-corrected chi connectivity index (χ1v) is 8.74. The number of nitrogens with one attached hydrogen (secondary N) is 1. The molecule has 1 aromatic rings. The highest BCUT2D eigenvalue weighted by Gasteiger charge is 2.38. The summed E-state index contributed by atoms with van der Waals surface area (Å²) in [6.45, 7) is 7.68. The number of thioether (sulfide) groups is 1. The molecule has 3 rings (SSSR count). The van der Waals surface area contributed by atoms with Crippen molar-refractivity contribution in [3.8, 4) is 0 Å². The number of nitrogens with zero attached hydrogens (tertiary/aromatic N) is 2. The van der Waals surface area contributed by atoms with Crippen molar-refractivity contribution < 1.29 is 9.18 Å². The number of halogens is 1. The Morgan fingerprint density at radius 3 is 2.59 bits per heavy atom. The Morgan fingerprint density at radius 1 is 1.23 bits per heavy atom. The summed E-state index contributed by atoms with van der Waals surface area (Å²) in [5.41, 5.74) is 1.00. The topological polar surface area (TPSA) is 35.6 Å². The van der Waals surface area contributed by atoms with Crippen molar-refractivity contribution in [2.24, 2.45) is 0 Å². The Kier molecular flexibility index (Phi) is 5.00. The summed E-state index contributed by atoms with van der Waals surface area (Å²) in [7, 11) is 0. The molecule has 1 aromatic carbocycles. The predicted octanol–water partition coefficient (Wildman–Crippen LogP) is 1.69. The van der Waals surface area contributed by atoms with Crippen LogP contribution in [0.5, 0.6) is 0 Å². The number of hydrogen-bond acceptors (Lipinski definition) is 4. The molecule has 1 N–H and O–H groups in total. The zero-order valence-corrected chi connectivity index (χ0v) is 13.6. The number of amides is 1. The third-order valence-electron chi connectivity index (χ3n) is 4.27. The molecule has 6 heteroatoms. The fourth-order valence-electron chi connectivity index (χ4n) is 2.97. The van der Waals surface area contributed by atoms with E-state index in [1.807, 2.05) is 11.8 Å². The van der Waals surface area contributed by atoms with Gasteiger partial charge >= 0.3 is 0 Å². The van der Waals surface area contributed by atoms with Crippen molar-refractivity contribution in [1.29, 1.82) is 0 Å². The highest BCUT2D eigenvalue weighted by Crippen LogP contribution is 2.42. The Balaban J connectivity index is 1.68. The summed E-state index contributed by atoms with van der Waals surface area (Å²) >= 11 is 1.65. The summed E-state index contributed by atoms with van der Waals surface area (Å²) < 4.78 is 13.1. The van der Waals surface area contributed by atoms with Crippen molar-refractivity contribution in [2.75, 3.05) is 39.3 Å². The van der Waals surface area contributed by atoms with Crippen LogP contribution in [0, 0.1) is 5.82 Å². The average molecular weight is 323 g/mol. The molecule has 4 nitrogen and oxygen atoms in total. The Labute approximate surface area is 135 Å². The maximum atomic E-state index is 13.1. The number of rotatable bonds is 4. The van der Waals surface area contributed by atoms with Crippen molar-refractivity contribution in [3.05, 3.63) is 35.6 Å². The minimum absolute atomic E-state index is 0.00557. The van der Waals surface area contributed by atoms with Crippen LogP contribution in [0.1, 0.15) is 17.9 Å². The first-order chi connectivity index (χ1) is 10.6. The number of piperazine rings is 1. The van der Waals surface area contributed by atoms with Gasteiger partial charge in [0.05, 0.1) is 5.25 Å². The third-order valence-corrected chi connectivity index (χ3v) is 5.66. The smallest absolute Gasteiger partial charge is 0.236 e. The summed E-state index contributed by atoms with van der Waals surface area (Å²) in [5, 5.41) is 3.31. The first-order valence-electron chi connectivity index (χ1n) is 7.79. The largest absolute Gasteiger partial charge is 0.324 e. The van der Waals surface area contributed by atoms with E-state index in [1.54, 1.807) is 23.9 Å². The fourth-order valence-corrected chi connectivity index (χ4v) is 4.28. The lowest BCUT2D eigenvalue weighted by molar-refractivity contribution is -0.130. The number of carbonyl (C=O) groups is 1. The molecule has 0 bridgehead atoms. The molecule has 0 spiro atoms. The lowest BCUT2D eigenvalue weighted by Crippen LogP contribution is -2.46. The van der Waals surface area contributed by atoms with Crippen LogP contribution in [0.25, 0.3) is 0 Å². The highest BCUT2D eigenvalue weighted by atomic mass is 32.2. The van der Waals surface area contributed by atoms with E-state index in [0.717, 1.165) is 44.8 Å². The molecule has 0 unspecified atom stereocenters. The van der Waals surface area contributed by atoms with Crippen LogP contribution in [-0.4, -0.2) is 60.2 Å². The van der Waals surface area contributed by atoms with Crippen molar-refractivity contribution in [2.45, 2.75) is 17.5 Å². The molecule has 2 atom stereocenters. The standard InChI is InChI=1S/C16H22FN3OS/c1-12-15(21)20(11-10-19-8-6-18-7-9-19)16(22-12)13-2-4-14(17)5-3-13/h2-5,12,16,18H,6-11H2,1H3/t12-,16-/m1/s1. The lowest BCUT2D eigenvalue weighted by atomic mass is 10.2. The van der Waals surface area contributed by atoms with Gasteiger partial charge in [-0.05, 0) is 24.6 Å². The molecule has 0 radical (unpaired) electrons. The number of hydrogen-bond donors (Lipinski definition) is 1. The van der Waals surface area contributed by atoms with Gasteiger partial charge in [-0.25, -0.2) is 4.39 Å².